The van der Waals surface area contributed by atoms with E-state index in [2.05, 4.69) is 27.7 Å². The molecule has 0 unspecified atom stereocenters. The van der Waals surface area contributed by atoms with E-state index in [-0.39, 0.29) is 0 Å². The van der Waals surface area contributed by atoms with Gasteiger partial charge in [-0.2, -0.15) is 0 Å². The summed E-state index contributed by atoms with van der Waals surface area (Å²) < 4.78 is 24.4. The second kappa shape index (κ2) is 18.8. The molecule has 0 saturated heterocycles. The molecule has 0 fully saturated rings. The summed E-state index contributed by atoms with van der Waals surface area (Å²) >= 11 is 0. The van der Waals surface area contributed by atoms with Crippen LogP contribution < -0.4 is 0 Å². The molecule has 0 aromatic rings. The number of rotatable bonds is 20. The van der Waals surface area contributed by atoms with E-state index < -0.39 is 9.05 Å². The lowest BCUT2D eigenvalue weighted by Gasteiger charge is -2.28. The fraction of sp³-hybridized carbons (Fsp3) is 1.00. The van der Waals surface area contributed by atoms with Gasteiger partial charge >= 0.3 is 9.05 Å². The Bertz CT molecular complexity index is 238. The normalized spacial score (nSPS) is 12.0. The van der Waals surface area contributed by atoms with Crippen LogP contribution in [0, 0.1) is 0 Å². The van der Waals surface area contributed by atoms with Crippen LogP contribution in [-0.4, -0.2) is 35.5 Å². The first-order valence-corrected chi connectivity index (χ1v) is 12.4. The molecule has 0 saturated carbocycles. The summed E-state index contributed by atoms with van der Waals surface area (Å²) in [5.74, 6) is 0. The Labute approximate surface area is 158 Å². The third kappa shape index (κ3) is 14.9. The van der Waals surface area contributed by atoms with Gasteiger partial charge in [-0.15, -0.1) is 0 Å². The molecule has 4 nitrogen and oxygen atoms in total. The van der Waals surface area contributed by atoms with Gasteiger partial charge in [0.2, 0.25) is 0 Å². The Balaban J connectivity index is 4.43. The Hall–Kier alpha value is 0.0569. The molecule has 0 aromatic carbocycles. The van der Waals surface area contributed by atoms with Crippen LogP contribution in [0.1, 0.15) is 105 Å². The first-order valence-electron chi connectivity index (χ1n) is 10.8. The second-order valence-electron chi connectivity index (χ2n) is 6.72. The van der Waals surface area contributed by atoms with Gasteiger partial charge in [-0.3, -0.25) is 0 Å². The maximum Gasteiger partial charge on any atom is 0.679 e. The smallest absolute Gasteiger partial charge is 0.351 e. The van der Waals surface area contributed by atoms with E-state index in [9.17, 15) is 0 Å². The molecular formula is C20H44O4Si. The third-order valence-corrected chi connectivity index (χ3v) is 6.34. The highest BCUT2D eigenvalue weighted by molar-refractivity contribution is 6.53. The average molecular weight is 377 g/mol. The fourth-order valence-electron chi connectivity index (χ4n) is 2.35. The molecule has 0 heterocycles. The van der Waals surface area contributed by atoms with Gasteiger partial charge in [0, 0.05) is 26.4 Å². The Morgan fingerprint density at radius 3 is 1.12 bits per heavy atom. The van der Waals surface area contributed by atoms with Gasteiger partial charge < -0.3 is 17.7 Å². The van der Waals surface area contributed by atoms with E-state index in [1.807, 2.05) is 0 Å². The van der Waals surface area contributed by atoms with Crippen molar-refractivity contribution < 1.29 is 17.7 Å². The molecule has 0 aliphatic rings. The zero-order valence-corrected chi connectivity index (χ0v) is 18.4. The fourth-order valence-corrected chi connectivity index (χ4v) is 4.43. The van der Waals surface area contributed by atoms with Gasteiger partial charge in [-0.05, 0) is 25.7 Å². The number of hydrogen-bond donors (Lipinski definition) is 0. The van der Waals surface area contributed by atoms with Crippen LogP contribution in [0.4, 0.5) is 0 Å². The highest BCUT2D eigenvalue weighted by Gasteiger charge is 2.45. The van der Waals surface area contributed by atoms with Gasteiger partial charge in [-0.25, -0.2) is 0 Å². The van der Waals surface area contributed by atoms with Crippen LogP contribution in [0.5, 0.6) is 0 Å². The predicted molar refractivity (Wildman–Crippen MR) is 108 cm³/mol. The van der Waals surface area contributed by atoms with Crippen LogP contribution in [0.3, 0.4) is 0 Å². The van der Waals surface area contributed by atoms with E-state index in [1.54, 1.807) is 0 Å². The van der Waals surface area contributed by atoms with Crippen LogP contribution in [0.25, 0.3) is 0 Å². The lowest BCUT2D eigenvalue weighted by atomic mass is 10.1. The van der Waals surface area contributed by atoms with E-state index in [1.165, 1.54) is 32.1 Å². The number of hydrogen-bond acceptors (Lipinski definition) is 4. The first-order chi connectivity index (χ1) is 12.2. The van der Waals surface area contributed by atoms with Gasteiger partial charge in [0.25, 0.3) is 0 Å². The summed E-state index contributed by atoms with van der Waals surface area (Å²) in [6.45, 7) is 11.4. The van der Waals surface area contributed by atoms with E-state index in [0.717, 1.165) is 44.9 Å². The molecule has 25 heavy (non-hydrogen) atoms. The van der Waals surface area contributed by atoms with Crippen molar-refractivity contribution >= 4 is 9.05 Å². The van der Waals surface area contributed by atoms with Crippen molar-refractivity contribution in [1.29, 1.82) is 0 Å². The van der Waals surface area contributed by atoms with Crippen molar-refractivity contribution in [3.8, 4) is 0 Å². The monoisotopic (exact) mass is 376 g/mol. The summed E-state index contributed by atoms with van der Waals surface area (Å²) in [7, 11) is -2.98. The highest BCUT2D eigenvalue weighted by atomic mass is 28.4. The summed E-state index contributed by atoms with van der Waals surface area (Å²) in [5.41, 5.74) is 0. The minimum Gasteiger partial charge on any atom is -0.351 e. The molecule has 152 valence electrons. The molecule has 0 N–H and O–H groups in total. The second-order valence-corrected chi connectivity index (χ2v) is 8.88. The zero-order chi connectivity index (χ0) is 18.6. The molecular weight excluding hydrogens is 332 g/mol. The average Bonchev–Trinajstić information content (AvgIpc) is 2.61. The van der Waals surface area contributed by atoms with Gasteiger partial charge in [-0.1, -0.05) is 79.1 Å². The van der Waals surface area contributed by atoms with Crippen molar-refractivity contribution in [2.24, 2.45) is 0 Å². The summed E-state index contributed by atoms with van der Waals surface area (Å²) in [6.07, 6.45) is 13.9. The molecule has 0 aromatic heterocycles. The van der Waals surface area contributed by atoms with Crippen molar-refractivity contribution in [3.05, 3.63) is 0 Å². The van der Waals surface area contributed by atoms with Crippen LogP contribution >= 0.6 is 0 Å². The van der Waals surface area contributed by atoms with E-state index >= 15 is 0 Å². The lowest BCUT2D eigenvalue weighted by Crippen LogP contribution is -2.50. The summed E-state index contributed by atoms with van der Waals surface area (Å²) in [5, 5.41) is 0. The molecule has 0 atom stereocenters. The van der Waals surface area contributed by atoms with Crippen molar-refractivity contribution in [1.82, 2.24) is 0 Å². The van der Waals surface area contributed by atoms with E-state index in [0.29, 0.717) is 26.4 Å². The third-order valence-electron chi connectivity index (χ3n) is 4.11. The molecule has 0 aliphatic carbocycles. The van der Waals surface area contributed by atoms with Crippen molar-refractivity contribution in [2.45, 2.75) is 105 Å². The molecule has 0 bridgehead atoms. The molecule has 0 rings (SSSR count). The minimum absolute atomic E-state index is 0.664. The zero-order valence-electron chi connectivity index (χ0n) is 17.4. The highest BCUT2D eigenvalue weighted by Crippen LogP contribution is 2.16. The molecule has 0 aliphatic heterocycles. The van der Waals surface area contributed by atoms with Gasteiger partial charge in [0.05, 0.1) is 0 Å². The Kier molecular flexibility index (Phi) is 18.9. The largest absolute Gasteiger partial charge is 0.679 e. The number of unbranched alkanes of at least 4 members (excludes halogenated alkanes) is 8. The quantitative estimate of drug-likeness (QED) is 0.186. The Morgan fingerprint density at radius 2 is 0.720 bits per heavy atom. The topological polar surface area (TPSA) is 36.9 Å². The predicted octanol–water partition coefficient (Wildman–Crippen LogP) is 6.25. The minimum atomic E-state index is -2.98. The lowest BCUT2D eigenvalue weighted by molar-refractivity contribution is -0.0370. The summed E-state index contributed by atoms with van der Waals surface area (Å²) in [4.78, 5) is 0. The first kappa shape index (κ1) is 25.1. The SMILES string of the molecule is CCCCCCCCO[Si](OCCCC)(OCCCC)OCCCC. The standard InChI is InChI=1S/C20H44O4Si/c1-5-9-13-14-15-16-20-24-25(21-17-10-6-2,22-18-11-7-3)23-19-12-8-4/h5-20H2,1-4H3. The Morgan fingerprint density at radius 1 is 0.400 bits per heavy atom. The van der Waals surface area contributed by atoms with Crippen molar-refractivity contribution in [2.75, 3.05) is 26.4 Å². The van der Waals surface area contributed by atoms with Gasteiger partial charge in [0.15, 0.2) is 0 Å². The molecule has 0 radical (unpaired) electrons. The summed E-state index contributed by atoms with van der Waals surface area (Å²) in [6, 6.07) is 0. The van der Waals surface area contributed by atoms with Crippen molar-refractivity contribution in [3.63, 3.8) is 0 Å². The molecule has 0 amide bonds. The maximum absolute atomic E-state index is 6.15. The molecule has 0 spiro atoms. The van der Waals surface area contributed by atoms with E-state index in [4.69, 9.17) is 17.7 Å². The van der Waals surface area contributed by atoms with Crippen LogP contribution in [0.2, 0.25) is 0 Å². The molecule has 5 heteroatoms. The van der Waals surface area contributed by atoms with Crippen LogP contribution in [0.15, 0.2) is 0 Å². The maximum atomic E-state index is 6.15. The van der Waals surface area contributed by atoms with Gasteiger partial charge in [0.1, 0.15) is 0 Å². The van der Waals surface area contributed by atoms with Crippen LogP contribution in [-0.2, 0) is 17.7 Å².